The number of rotatable bonds is 10. The lowest BCUT2D eigenvalue weighted by molar-refractivity contribution is 0.0911. The van der Waals surface area contributed by atoms with Crippen LogP contribution in [0, 0.1) is 0 Å². The van der Waals surface area contributed by atoms with E-state index in [1.807, 2.05) is 14.1 Å². The Kier molecular flexibility index (Phi) is 8.67. The monoisotopic (exact) mass is 412 g/mol. The first-order chi connectivity index (χ1) is 12.8. The van der Waals surface area contributed by atoms with Crippen molar-refractivity contribution in [2.75, 3.05) is 40.4 Å². The van der Waals surface area contributed by atoms with Gasteiger partial charge in [-0.2, -0.15) is 0 Å². The summed E-state index contributed by atoms with van der Waals surface area (Å²) in [6.07, 6.45) is 0. The van der Waals surface area contributed by atoms with Crippen molar-refractivity contribution >= 4 is 23.2 Å². The third kappa shape index (κ3) is 7.56. The lowest BCUT2D eigenvalue weighted by Crippen LogP contribution is -2.26. The standard InChI is InChI=1S/C20H26Cl2N2O3/c1-23(13-15-11-17(21)3-5-19(15)25)7-9-27-10-8-24(2)14-16-12-18(22)4-6-20(16)26/h3-6,11-12,25-26H,7-10,13-14H2,1-2H3. The molecule has 0 amide bonds. The molecule has 0 aromatic heterocycles. The van der Waals surface area contributed by atoms with E-state index in [-0.39, 0.29) is 11.5 Å². The minimum atomic E-state index is 0.248. The SMILES string of the molecule is CN(CCOCCN(C)Cc1cc(Cl)ccc1O)Cc1cc(Cl)ccc1O. The number of likely N-dealkylation sites (N-methyl/N-ethyl adjacent to an activating group) is 2. The number of phenolic OH excluding ortho intramolecular Hbond substituents is 2. The van der Waals surface area contributed by atoms with E-state index < -0.39 is 0 Å². The number of phenols is 2. The molecule has 0 radical (unpaired) electrons. The smallest absolute Gasteiger partial charge is 0.120 e. The maximum atomic E-state index is 9.86. The van der Waals surface area contributed by atoms with Gasteiger partial charge in [0.15, 0.2) is 0 Å². The van der Waals surface area contributed by atoms with Gasteiger partial charge in [-0.25, -0.2) is 0 Å². The number of aromatic hydroxyl groups is 2. The van der Waals surface area contributed by atoms with Crippen LogP contribution in [0.1, 0.15) is 11.1 Å². The number of benzene rings is 2. The highest BCUT2D eigenvalue weighted by Gasteiger charge is 2.08. The normalized spacial score (nSPS) is 11.5. The molecule has 27 heavy (non-hydrogen) atoms. The van der Waals surface area contributed by atoms with Crippen LogP contribution in [0.2, 0.25) is 10.0 Å². The molecule has 0 bridgehead atoms. The van der Waals surface area contributed by atoms with E-state index in [2.05, 4.69) is 9.80 Å². The van der Waals surface area contributed by atoms with Gasteiger partial charge in [-0.1, -0.05) is 23.2 Å². The van der Waals surface area contributed by atoms with Crippen molar-refractivity contribution in [1.82, 2.24) is 9.80 Å². The van der Waals surface area contributed by atoms with Crippen LogP contribution in [0.5, 0.6) is 11.5 Å². The van der Waals surface area contributed by atoms with E-state index in [1.54, 1.807) is 36.4 Å². The molecule has 5 nitrogen and oxygen atoms in total. The molecule has 2 rings (SSSR count). The summed E-state index contributed by atoms with van der Waals surface area (Å²) in [4.78, 5) is 4.14. The molecule has 0 aliphatic carbocycles. The van der Waals surface area contributed by atoms with Crippen molar-refractivity contribution in [3.8, 4) is 11.5 Å². The highest BCUT2D eigenvalue weighted by atomic mass is 35.5. The van der Waals surface area contributed by atoms with Gasteiger partial charge in [-0.15, -0.1) is 0 Å². The molecule has 7 heteroatoms. The molecule has 2 aromatic carbocycles. The lowest BCUT2D eigenvalue weighted by atomic mass is 10.2. The van der Waals surface area contributed by atoms with Crippen LogP contribution >= 0.6 is 23.2 Å². The molecule has 0 aliphatic rings. The van der Waals surface area contributed by atoms with Gasteiger partial charge in [-0.3, -0.25) is 9.80 Å². The van der Waals surface area contributed by atoms with Crippen LogP contribution in [0.25, 0.3) is 0 Å². The Morgan fingerprint density at radius 3 is 1.59 bits per heavy atom. The average Bonchev–Trinajstić information content (AvgIpc) is 2.61. The van der Waals surface area contributed by atoms with E-state index in [9.17, 15) is 10.2 Å². The van der Waals surface area contributed by atoms with E-state index in [0.29, 0.717) is 36.3 Å². The topological polar surface area (TPSA) is 56.2 Å². The first-order valence-electron chi connectivity index (χ1n) is 8.75. The van der Waals surface area contributed by atoms with E-state index in [1.165, 1.54) is 0 Å². The highest BCUT2D eigenvalue weighted by Crippen LogP contribution is 2.23. The van der Waals surface area contributed by atoms with Crippen LogP contribution < -0.4 is 0 Å². The minimum absolute atomic E-state index is 0.248. The molecule has 2 aromatic rings. The van der Waals surface area contributed by atoms with Gasteiger partial charge >= 0.3 is 0 Å². The third-order valence-electron chi connectivity index (χ3n) is 4.20. The van der Waals surface area contributed by atoms with Crippen LogP contribution in [0.4, 0.5) is 0 Å². The Morgan fingerprint density at radius 1 is 0.778 bits per heavy atom. The number of ether oxygens (including phenoxy) is 1. The quantitative estimate of drug-likeness (QED) is 0.577. The van der Waals surface area contributed by atoms with Gasteiger partial charge < -0.3 is 14.9 Å². The summed E-state index contributed by atoms with van der Waals surface area (Å²) < 4.78 is 5.70. The summed E-state index contributed by atoms with van der Waals surface area (Å²) in [5, 5.41) is 21.0. The zero-order valence-corrected chi connectivity index (χ0v) is 17.2. The maximum Gasteiger partial charge on any atom is 0.120 e. The van der Waals surface area contributed by atoms with Crippen molar-refractivity contribution in [1.29, 1.82) is 0 Å². The molecule has 148 valence electrons. The van der Waals surface area contributed by atoms with Gasteiger partial charge in [0.1, 0.15) is 11.5 Å². The van der Waals surface area contributed by atoms with Crippen LogP contribution in [-0.4, -0.2) is 60.4 Å². The summed E-state index contributed by atoms with van der Waals surface area (Å²) in [6.45, 7) is 3.87. The van der Waals surface area contributed by atoms with Crippen LogP contribution in [-0.2, 0) is 17.8 Å². The minimum Gasteiger partial charge on any atom is -0.508 e. The summed E-state index contributed by atoms with van der Waals surface area (Å²) in [5.74, 6) is 0.496. The fourth-order valence-corrected chi connectivity index (χ4v) is 3.03. The fourth-order valence-electron chi connectivity index (χ4n) is 2.64. The van der Waals surface area contributed by atoms with Gasteiger partial charge in [0.25, 0.3) is 0 Å². The molecular formula is C20H26Cl2N2O3. The molecule has 2 N–H and O–H groups in total. The Bertz CT molecular complexity index is 682. The zero-order chi connectivity index (χ0) is 19.8. The lowest BCUT2D eigenvalue weighted by Gasteiger charge is -2.19. The number of nitrogens with zero attached hydrogens (tertiary/aromatic N) is 2. The first kappa shape index (κ1) is 21.8. The van der Waals surface area contributed by atoms with Gasteiger partial charge in [0.2, 0.25) is 0 Å². The van der Waals surface area contributed by atoms with Crippen molar-refractivity contribution in [2.45, 2.75) is 13.1 Å². The van der Waals surface area contributed by atoms with E-state index in [0.717, 1.165) is 24.2 Å². The summed E-state index contributed by atoms with van der Waals surface area (Å²) in [7, 11) is 3.94. The number of halogens is 2. The highest BCUT2D eigenvalue weighted by molar-refractivity contribution is 6.31. The zero-order valence-electron chi connectivity index (χ0n) is 15.7. The largest absolute Gasteiger partial charge is 0.508 e. The Morgan fingerprint density at radius 2 is 1.19 bits per heavy atom. The fraction of sp³-hybridized carbons (Fsp3) is 0.400. The molecule has 0 spiro atoms. The van der Waals surface area contributed by atoms with Gasteiger partial charge in [0.05, 0.1) is 13.2 Å². The molecule has 0 saturated heterocycles. The van der Waals surface area contributed by atoms with E-state index in [4.69, 9.17) is 27.9 Å². The predicted molar refractivity (Wildman–Crippen MR) is 110 cm³/mol. The Hall–Kier alpha value is -1.50. The van der Waals surface area contributed by atoms with Crippen molar-refractivity contribution in [3.63, 3.8) is 0 Å². The molecule has 0 unspecified atom stereocenters. The van der Waals surface area contributed by atoms with Crippen LogP contribution in [0.15, 0.2) is 36.4 Å². The molecule has 0 aliphatic heterocycles. The second-order valence-corrected chi connectivity index (χ2v) is 7.51. The summed E-state index contributed by atoms with van der Waals surface area (Å²) >= 11 is 11.9. The molecular weight excluding hydrogens is 387 g/mol. The Labute approximate surface area is 170 Å². The van der Waals surface area contributed by atoms with Gasteiger partial charge in [0, 0.05) is 47.4 Å². The number of hydrogen-bond acceptors (Lipinski definition) is 5. The molecule has 0 heterocycles. The first-order valence-corrected chi connectivity index (χ1v) is 9.50. The summed E-state index contributed by atoms with van der Waals surface area (Å²) in [5.41, 5.74) is 1.59. The van der Waals surface area contributed by atoms with Crippen molar-refractivity contribution < 1.29 is 14.9 Å². The molecule has 0 saturated carbocycles. The van der Waals surface area contributed by atoms with E-state index >= 15 is 0 Å². The summed E-state index contributed by atoms with van der Waals surface area (Å²) in [6, 6.07) is 10.1. The predicted octanol–water partition coefficient (Wildman–Crippen LogP) is 3.99. The maximum absolute atomic E-state index is 9.86. The third-order valence-corrected chi connectivity index (χ3v) is 4.67. The molecule has 0 atom stereocenters. The Balaban J connectivity index is 1.65. The van der Waals surface area contributed by atoms with Crippen molar-refractivity contribution in [2.24, 2.45) is 0 Å². The van der Waals surface area contributed by atoms with Gasteiger partial charge in [-0.05, 0) is 50.5 Å². The second kappa shape index (κ2) is 10.7. The van der Waals surface area contributed by atoms with Crippen LogP contribution in [0.3, 0.4) is 0 Å². The molecule has 0 fully saturated rings. The average molecular weight is 413 g/mol. The van der Waals surface area contributed by atoms with Crippen molar-refractivity contribution in [3.05, 3.63) is 57.6 Å². The number of hydrogen-bond donors (Lipinski definition) is 2. The second-order valence-electron chi connectivity index (χ2n) is 6.63.